The van der Waals surface area contributed by atoms with E-state index in [0.29, 0.717) is 5.04 Å². The quantitative estimate of drug-likeness (QED) is 0.585. The van der Waals surface area contributed by atoms with Crippen LogP contribution in [0.2, 0.25) is 5.04 Å². The lowest BCUT2D eigenvalue weighted by molar-refractivity contribution is 0.676. The Hall–Kier alpha value is -0.563. The molecule has 0 atom stereocenters. The predicted octanol–water partition coefficient (Wildman–Crippen LogP) is 2.06. The SMILES string of the molecule is CC(C)([SiH2])Cc1ccccc1. The van der Waals surface area contributed by atoms with Crippen LogP contribution in [-0.4, -0.2) is 10.2 Å². The summed E-state index contributed by atoms with van der Waals surface area (Å²) in [5, 5.41) is 0.432. The lowest BCUT2D eigenvalue weighted by Gasteiger charge is -2.17. The molecule has 0 spiro atoms. The first-order chi connectivity index (χ1) is 5.08. The smallest absolute Gasteiger partial charge is 0.0160 e. The second-order valence-electron chi connectivity index (χ2n) is 3.83. The predicted molar refractivity (Wildman–Crippen MR) is 52.7 cm³/mol. The third-order valence-corrected chi connectivity index (χ3v) is 1.78. The van der Waals surface area contributed by atoms with Crippen molar-refractivity contribution in [2.75, 3.05) is 0 Å². The summed E-state index contributed by atoms with van der Waals surface area (Å²) in [5.74, 6) is 0. The fraction of sp³-hybridized carbons (Fsp3) is 0.400. The number of hydrogen-bond acceptors (Lipinski definition) is 0. The standard InChI is InChI=1S/C10H15Si/c1-10(2,11)8-9-6-4-3-5-7-9/h3-7H,8,11H2,1-2H3. The van der Waals surface area contributed by atoms with E-state index in [4.69, 9.17) is 0 Å². The summed E-state index contributed by atoms with van der Waals surface area (Å²) in [7, 11) is 2.06. The van der Waals surface area contributed by atoms with Crippen molar-refractivity contribution in [3.63, 3.8) is 0 Å². The van der Waals surface area contributed by atoms with E-state index in [0.717, 1.165) is 0 Å². The van der Waals surface area contributed by atoms with Gasteiger partial charge in [-0.15, -0.1) is 0 Å². The Morgan fingerprint density at radius 3 is 2.18 bits per heavy atom. The monoisotopic (exact) mass is 163 g/mol. The minimum atomic E-state index is 0.432. The highest BCUT2D eigenvalue weighted by molar-refractivity contribution is 6.14. The maximum absolute atomic E-state index is 2.28. The molecule has 0 aliphatic rings. The molecule has 59 valence electrons. The molecule has 1 aromatic carbocycles. The Balaban J connectivity index is 2.66. The molecule has 1 radical (unpaired) electrons. The minimum absolute atomic E-state index is 0.432. The summed E-state index contributed by atoms with van der Waals surface area (Å²) in [6, 6.07) is 10.6. The molecule has 1 rings (SSSR count). The summed E-state index contributed by atoms with van der Waals surface area (Å²) in [6.45, 7) is 4.55. The Labute approximate surface area is 72.1 Å². The van der Waals surface area contributed by atoms with Gasteiger partial charge in [0.1, 0.15) is 0 Å². The van der Waals surface area contributed by atoms with Crippen molar-refractivity contribution in [1.29, 1.82) is 0 Å². The Morgan fingerprint density at radius 1 is 1.18 bits per heavy atom. The van der Waals surface area contributed by atoms with Crippen LogP contribution in [0.3, 0.4) is 0 Å². The zero-order chi connectivity index (χ0) is 8.32. The molecule has 1 heteroatoms. The topological polar surface area (TPSA) is 0 Å². The van der Waals surface area contributed by atoms with Gasteiger partial charge >= 0.3 is 0 Å². The van der Waals surface area contributed by atoms with E-state index in [9.17, 15) is 0 Å². The third kappa shape index (κ3) is 3.37. The van der Waals surface area contributed by atoms with E-state index in [1.807, 2.05) is 0 Å². The summed E-state index contributed by atoms with van der Waals surface area (Å²) in [4.78, 5) is 0. The van der Waals surface area contributed by atoms with Crippen molar-refractivity contribution in [3.05, 3.63) is 35.9 Å². The molecule has 0 amide bonds. The molecule has 0 saturated heterocycles. The molecule has 1 aromatic rings. The molecule has 0 aromatic heterocycles. The van der Waals surface area contributed by atoms with Gasteiger partial charge < -0.3 is 0 Å². The second-order valence-corrected chi connectivity index (χ2v) is 5.74. The maximum atomic E-state index is 2.28. The van der Waals surface area contributed by atoms with Crippen LogP contribution in [0.1, 0.15) is 19.4 Å². The van der Waals surface area contributed by atoms with Gasteiger partial charge in [-0.3, -0.25) is 0 Å². The second kappa shape index (κ2) is 3.22. The van der Waals surface area contributed by atoms with Gasteiger partial charge in [-0.2, -0.15) is 0 Å². The Morgan fingerprint density at radius 2 is 1.73 bits per heavy atom. The summed E-state index contributed by atoms with van der Waals surface area (Å²) in [5.41, 5.74) is 1.44. The average molecular weight is 163 g/mol. The molecule has 11 heavy (non-hydrogen) atoms. The average Bonchev–Trinajstić information content (AvgIpc) is 1.85. The van der Waals surface area contributed by atoms with E-state index in [1.165, 1.54) is 12.0 Å². The first kappa shape index (κ1) is 8.53. The molecule has 0 saturated carbocycles. The van der Waals surface area contributed by atoms with Crippen molar-refractivity contribution in [2.45, 2.75) is 25.3 Å². The number of rotatable bonds is 2. The third-order valence-electron chi connectivity index (χ3n) is 1.53. The normalized spacial score (nSPS) is 11.5. The molecular weight excluding hydrogens is 148 g/mol. The highest BCUT2D eigenvalue weighted by atomic mass is 28.1. The number of benzene rings is 1. The summed E-state index contributed by atoms with van der Waals surface area (Å²) >= 11 is 0. The van der Waals surface area contributed by atoms with Gasteiger partial charge in [0.25, 0.3) is 0 Å². The molecular formula is C10H15Si. The van der Waals surface area contributed by atoms with Crippen LogP contribution < -0.4 is 0 Å². The van der Waals surface area contributed by atoms with E-state index < -0.39 is 0 Å². The molecule has 0 fully saturated rings. The van der Waals surface area contributed by atoms with Gasteiger partial charge in [0.05, 0.1) is 0 Å². The fourth-order valence-corrected chi connectivity index (χ4v) is 1.44. The van der Waals surface area contributed by atoms with Crippen molar-refractivity contribution in [3.8, 4) is 0 Å². The zero-order valence-electron chi connectivity index (χ0n) is 7.30. The van der Waals surface area contributed by atoms with Crippen LogP contribution in [0.15, 0.2) is 30.3 Å². The van der Waals surface area contributed by atoms with Crippen LogP contribution in [0, 0.1) is 0 Å². The van der Waals surface area contributed by atoms with Gasteiger partial charge in [-0.05, 0) is 17.0 Å². The summed E-state index contributed by atoms with van der Waals surface area (Å²) in [6.07, 6.45) is 1.17. The maximum Gasteiger partial charge on any atom is 0.0160 e. The van der Waals surface area contributed by atoms with Crippen molar-refractivity contribution >= 4 is 10.2 Å². The first-order valence-electron chi connectivity index (χ1n) is 3.97. The van der Waals surface area contributed by atoms with Crippen molar-refractivity contribution in [1.82, 2.24) is 0 Å². The van der Waals surface area contributed by atoms with Crippen LogP contribution >= 0.6 is 0 Å². The molecule has 0 heterocycles. The van der Waals surface area contributed by atoms with Gasteiger partial charge in [-0.25, -0.2) is 0 Å². The van der Waals surface area contributed by atoms with Gasteiger partial charge in [0, 0.05) is 10.2 Å². The van der Waals surface area contributed by atoms with Crippen LogP contribution in [0.25, 0.3) is 0 Å². The molecule has 0 aliphatic heterocycles. The van der Waals surface area contributed by atoms with Crippen molar-refractivity contribution in [2.24, 2.45) is 0 Å². The van der Waals surface area contributed by atoms with Gasteiger partial charge in [0.15, 0.2) is 0 Å². The Kier molecular flexibility index (Phi) is 2.50. The highest BCUT2D eigenvalue weighted by Gasteiger charge is 2.10. The van der Waals surface area contributed by atoms with E-state index in [1.54, 1.807) is 0 Å². The van der Waals surface area contributed by atoms with Crippen LogP contribution in [0.5, 0.6) is 0 Å². The highest BCUT2D eigenvalue weighted by Crippen LogP contribution is 2.23. The Bertz CT molecular complexity index is 208. The van der Waals surface area contributed by atoms with E-state index in [-0.39, 0.29) is 0 Å². The fourth-order valence-electron chi connectivity index (χ4n) is 1.15. The molecule has 0 aliphatic carbocycles. The molecule has 0 N–H and O–H groups in total. The largest absolute Gasteiger partial charge is 0.0629 e. The molecule has 0 nitrogen and oxygen atoms in total. The minimum Gasteiger partial charge on any atom is -0.0629 e. The van der Waals surface area contributed by atoms with Crippen LogP contribution in [-0.2, 0) is 6.42 Å². The number of hydrogen-bond donors (Lipinski definition) is 0. The van der Waals surface area contributed by atoms with Crippen LogP contribution in [0.4, 0.5) is 0 Å². The van der Waals surface area contributed by atoms with E-state index >= 15 is 0 Å². The molecule has 0 bridgehead atoms. The summed E-state index contributed by atoms with van der Waals surface area (Å²) < 4.78 is 0. The van der Waals surface area contributed by atoms with E-state index in [2.05, 4.69) is 54.4 Å². The van der Waals surface area contributed by atoms with Crippen molar-refractivity contribution < 1.29 is 0 Å². The van der Waals surface area contributed by atoms with Gasteiger partial charge in [0.2, 0.25) is 0 Å². The lowest BCUT2D eigenvalue weighted by Crippen LogP contribution is -2.05. The first-order valence-corrected chi connectivity index (χ1v) is 4.68. The lowest BCUT2D eigenvalue weighted by atomic mass is 10.0. The van der Waals surface area contributed by atoms with Gasteiger partial charge in [-0.1, -0.05) is 44.2 Å². The zero-order valence-corrected chi connectivity index (χ0v) is 8.72. The molecule has 0 unspecified atom stereocenters.